The molecule has 3 aromatic rings. The van der Waals surface area contributed by atoms with Gasteiger partial charge >= 0.3 is 0 Å². The number of carbonyl (C=O) groups excluding carboxylic acids is 1. The molecule has 1 atom stereocenters. The van der Waals surface area contributed by atoms with Gasteiger partial charge in [-0.1, -0.05) is 38.4 Å². The van der Waals surface area contributed by atoms with Crippen molar-refractivity contribution in [3.8, 4) is 17.0 Å². The molecule has 0 unspecified atom stereocenters. The van der Waals surface area contributed by atoms with Crippen molar-refractivity contribution in [2.45, 2.75) is 51.6 Å². The van der Waals surface area contributed by atoms with Crippen molar-refractivity contribution in [3.05, 3.63) is 58.5 Å². The summed E-state index contributed by atoms with van der Waals surface area (Å²) >= 11 is 6.52. The van der Waals surface area contributed by atoms with Crippen molar-refractivity contribution in [3.63, 3.8) is 0 Å². The van der Waals surface area contributed by atoms with E-state index in [1.54, 1.807) is 12.4 Å². The molecular formula is C28H31ClN4O3. The van der Waals surface area contributed by atoms with Crippen LogP contribution >= 0.6 is 11.6 Å². The SMILES string of the molecule is CCc1c(Cl)cccc1Nc1c(-c2ccncc2OC[C@H]2OCC2(C)C)[nH]c2c1C(=O)NCC21CC1. The van der Waals surface area contributed by atoms with Crippen molar-refractivity contribution in [2.24, 2.45) is 5.41 Å². The fourth-order valence-corrected chi connectivity index (χ4v) is 5.61. The van der Waals surface area contributed by atoms with Gasteiger partial charge < -0.3 is 25.1 Å². The third-order valence-corrected chi connectivity index (χ3v) is 8.26. The molecule has 1 aliphatic carbocycles. The van der Waals surface area contributed by atoms with Gasteiger partial charge in [0.2, 0.25) is 0 Å². The van der Waals surface area contributed by atoms with Crippen LogP contribution in [0.2, 0.25) is 5.02 Å². The Balaban J connectivity index is 1.46. The molecule has 6 rings (SSSR count). The van der Waals surface area contributed by atoms with Crippen LogP contribution in [0.15, 0.2) is 36.7 Å². The second-order valence-corrected chi connectivity index (χ2v) is 11.2. The Labute approximate surface area is 215 Å². The zero-order valence-corrected chi connectivity index (χ0v) is 21.6. The van der Waals surface area contributed by atoms with E-state index in [4.69, 9.17) is 21.1 Å². The lowest BCUT2D eigenvalue weighted by atomic mass is 9.83. The quantitative estimate of drug-likeness (QED) is 0.387. The number of anilines is 2. The Morgan fingerprint density at radius 1 is 1.28 bits per heavy atom. The Morgan fingerprint density at radius 3 is 2.81 bits per heavy atom. The standard InChI is InChI=1S/C28H31ClN4O3/c1-4-16-18(29)6-5-7-19(16)32-24-22-25(28(9-10-28)14-31-26(22)34)33-23(24)17-8-11-30-12-20(17)35-13-21-27(2,3)15-36-21/h5-8,11-12,21,32-33H,4,9-10,13-15H2,1-3H3,(H,31,34)/t21-/m1/s1. The number of H-pyrrole nitrogens is 1. The minimum absolute atomic E-state index is 0.0269. The molecule has 36 heavy (non-hydrogen) atoms. The number of pyridine rings is 1. The molecule has 0 radical (unpaired) electrons. The van der Waals surface area contributed by atoms with Crippen LogP contribution in [0.3, 0.4) is 0 Å². The van der Waals surface area contributed by atoms with Gasteiger partial charge in [0.1, 0.15) is 12.4 Å². The van der Waals surface area contributed by atoms with E-state index in [1.165, 1.54) is 0 Å². The largest absolute Gasteiger partial charge is 0.489 e. The Bertz CT molecular complexity index is 1340. The summed E-state index contributed by atoms with van der Waals surface area (Å²) in [5.41, 5.74) is 6.01. The van der Waals surface area contributed by atoms with Crippen molar-refractivity contribution in [1.82, 2.24) is 15.3 Å². The highest BCUT2D eigenvalue weighted by atomic mass is 35.5. The van der Waals surface area contributed by atoms with Crippen molar-refractivity contribution in [1.29, 1.82) is 0 Å². The second kappa shape index (κ2) is 8.53. The molecular weight excluding hydrogens is 476 g/mol. The molecule has 2 aromatic heterocycles. The highest BCUT2D eigenvalue weighted by Crippen LogP contribution is 2.54. The second-order valence-electron chi connectivity index (χ2n) is 10.8. The predicted octanol–water partition coefficient (Wildman–Crippen LogP) is 5.61. The molecule has 3 N–H and O–H groups in total. The number of amides is 1. The molecule has 1 aromatic carbocycles. The molecule has 7 nitrogen and oxygen atoms in total. The molecule has 0 bridgehead atoms. The maximum Gasteiger partial charge on any atom is 0.255 e. The Morgan fingerprint density at radius 2 is 2.11 bits per heavy atom. The van der Waals surface area contributed by atoms with Gasteiger partial charge in [0.05, 0.1) is 35.9 Å². The first-order valence-electron chi connectivity index (χ1n) is 12.6. The van der Waals surface area contributed by atoms with Gasteiger partial charge in [-0.15, -0.1) is 0 Å². The highest BCUT2D eigenvalue weighted by molar-refractivity contribution is 6.31. The predicted molar refractivity (Wildman–Crippen MR) is 140 cm³/mol. The van der Waals surface area contributed by atoms with Gasteiger partial charge in [0.15, 0.2) is 0 Å². The summed E-state index contributed by atoms with van der Waals surface area (Å²) < 4.78 is 12.0. The van der Waals surface area contributed by atoms with Gasteiger partial charge in [-0.05, 0) is 43.0 Å². The molecule has 188 valence electrons. The van der Waals surface area contributed by atoms with Gasteiger partial charge in [-0.25, -0.2) is 0 Å². The monoisotopic (exact) mass is 506 g/mol. The van der Waals surface area contributed by atoms with E-state index in [0.29, 0.717) is 29.5 Å². The lowest BCUT2D eigenvalue weighted by Gasteiger charge is -2.43. The fraction of sp³-hybridized carbons (Fsp3) is 0.429. The number of hydrogen-bond donors (Lipinski definition) is 3. The van der Waals surface area contributed by atoms with Gasteiger partial charge in [-0.2, -0.15) is 0 Å². The summed E-state index contributed by atoms with van der Waals surface area (Å²) in [7, 11) is 0. The third kappa shape index (κ3) is 3.76. The normalized spacial score (nSPS) is 20.9. The number of carbonyl (C=O) groups is 1. The van der Waals surface area contributed by atoms with Crippen LogP contribution in [-0.4, -0.2) is 41.7 Å². The Kier molecular flexibility index (Phi) is 5.54. The molecule has 8 heteroatoms. The summed E-state index contributed by atoms with van der Waals surface area (Å²) in [6.45, 7) is 8.26. The van der Waals surface area contributed by atoms with E-state index in [0.717, 1.165) is 59.8 Å². The molecule has 1 amide bonds. The minimum atomic E-state index is -0.0752. The number of halogens is 1. The van der Waals surface area contributed by atoms with E-state index < -0.39 is 0 Å². The number of rotatable bonds is 7. The highest BCUT2D eigenvalue weighted by Gasteiger charge is 2.52. The number of aromatic nitrogens is 2. The number of benzene rings is 1. The maximum absolute atomic E-state index is 13.2. The minimum Gasteiger partial charge on any atom is -0.489 e. The van der Waals surface area contributed by atoms with Crippen LogP contribution in [0, 0.1) is 5.41 Å². The van der Waals surface area contributed by atoms with Crippen LogP contribution < -0.4 is 15.4 Å². The van der Waals surface area contributed by atoms with E-state index in [-0.39, 0.29) is 22.8 Å². The first-order valence-corrected chi connectivity index (χ1v) is 13.0. The number of aromatic amines is 1. The zero-order chi connectivity index (χ0) is 25.1. The lowest BCUT2D eigenvalue weighted by Crippen LogP contribution is -2.50. The average molecular weight is 507 g/mol. The molecule has 3 aliphatic rings. The fourth-order valence-electron chi connectivity index (χ4n) is 5.30. The zero-order valence-electron chi connectivity index (χ0n) is 20.8. The van der Waals surface area contributed by atoms with Gasteiger partial charge in [0.25, 0.3) is 5.91 Å². The summed E-state index contributed by atoms with van der Waals surface area (Å²) in [4.78, 5) is 21.2. The number of hydrogen-bond acceptors (Lipinski definition) is 5. The van der Waals surface area contributed by atoms with E-state index in [1.807, 2.05) is 24.3 Å². The molecule has 1 saturated heterocycles. The molecule has 4 heterocycles. The molecule has 1 saturated carbocycles. The summed E-state index contributed by atoms with van der Waals surface area (Å²) in [6, 6.07) is 7.75. The summed E-state index contributed by atoms with van der Waals surface area (Å²) in [6.07, 6.45) is 6.36. The Hall–Kier alpha value is -3.03. The van der Waals surface area contributed by atoms with Crippen LogP contribution in [0.5, 0.6) is 5.75 Å². The molecule has 2 fully saturated rings. The van der Waals surface area contributed by atoms with E-state index >= 15 is 0 Å². The first-order chi connectivity index (χ1) is 17.3. The summed E-state index contributed by atoms with van der Waals surface area (Å²) in [5.74, 6) is 0.575. The topological polar surface area (TPSA) is 88.3 Å². The van der Waals surface area contributed by atoms with Crippen LogP contribution in [0.25, 0.3) is 11.3 Å². The van der Waals surface area contributed by atoms with Gasteiger partial charge in [0, 0.05) is 45.5 Å². The molecule has 1 spiro atoms. The smallest absolute Gasteiger partial charge is 0.255 e. The number of fused-ring (bicyclic) bond motifs is 2. The van der Waals surface area contributed by atoms with Crippen molar-refractivity contribution >= 4 is 28.9 Å². The van der Waals surface area contributed by atoms with Crippen LogP contribution in [0.1, 0.15) is 55.2 Å². The number of ether oxygens (including phenoxy) is 2. The average Bonchev–Trinajstić information content (AvgIpc) is 3.54. The lowest BCUT2D eigenvalue weighted by molar-refractivity contribution is -0.180. The van der Waals surface area contributed by atoms with Crippen LogP contribution in [0.4, 0.5) is 11.4 Å². The number of nitrogens with zero attached hydrogens (tertiary/aromatic N) is 1. The van der Waals surface area contributed by atoms with Gasteiger partial charge in [-0.3, -0.25) is 9.78 Å². The van der Waals surface area contributed by atoms with E-state index in [9.17, 15) is 4.79 Å². The van der Waals surface area contributed by atoms with Crippen LogP contribution in [-0.2, 0) is 16.6 Å². The summed E-state index contributed by atoms with van der Waals surface area (Å²) in [5, 5.41) is 7.40. The van der Waals surface area contributed by atoms with Crippen molar-refractivity contribution < 1.29 is 14.3 Å². The maximum atomic E-state index is 13.2. The first kappa shape index (κ1) is 23.4. The van der Waals surface area contributed by atoms with Crippen molar-refractivity contribution in [2.75, 3.05) is 25.1 Å². The third-order valence-electron chi connectivity index (χ3n) is 7.90. The molecule has 2 aliphatic heterocycles. The number of nitrogens with one attached hydrogen (secondary N) is 3. The van der Waals surface area contributed by atoms with E-state index in [2.05, 4.69) is 41.4 Å².